The highest BCUT2D eigenvalue weighted by Crippen LogP contribution is 2.43. The van der Waals surface area contributed by atoms with Gasteiger partial charge >= 0.3 is 0 Å². The average Bonchev–Trinajstić information content (AvgIpc) is 3.20. The Morgan fingerprint density at radius 2 is 0.611 bits per heavy atom. The molecule has 0 N–H and O–H groups in total. The lowest BCUT2D eigenvalue weighted by Gasteiger charge is -2.18. The van der Waals surface area contributed by atoms with E-state index in [0.717, 1.165) is 44.0 Å². The van der Waals surface area contributed by atoms with Crippen LogP contribution in [0.1, 0.15) is 232 Å². The fourth-order valence-corrected chi connectivity index (χ4v) is 8.33. The summed E-state index contributed by atoms with van der Waals surface area (Å²) in [6.07, 6.45) is 45.5. The van der Waals surface area contributed by atoms with E-state index in [4.69, 9.17) is 9.47 Å². The predicted octanol–water partition coefficient (Wildman–Crippen LogP) is 17.8. The molecule has 0 unspecified atom stereocenters. The minimum atomic E-state index is 0.784. The van der Waals surface area contributed by atoms with E-state index in [1.807, 2.05) is 0 Å². The van der Waals surface area contributed by atoms with Crippen LogP contribution in [0.15, 0.2) is 42.5 Å². The molecule has 3 aromatic carbocycles. The molecule has 0 amide bonds. The molecule has 0 saturated heterocycles. The molecule has 2 nitrogen and oxygen atoms in total. The Balaban J connectivity index is 1.33. The Morgan fingerprint density at radius 1 is 0.315 bits per heavy atom. The summed E-state index contributed by atoms with van der Waals surface area (Å²) in [7, 11) is 0. The standard InChI is InChI=1S/C52H86O2/c1-4-7-9-11-13-15-17-19-21-23-25-27-29-31-33-37-43-53-51-47-39-35-36-40-48(47)52(50-45-46(6-3)41-42-49(50)51)54-44-38-34-32-30-28-26-24-22-20-18-16-14-12-10-8-5-2/h35-36,39-42,45H,4-34,37-38,43-44H2,1-3H3. The van der Waals surface area contributed by atoms with Gasteiger partial charge < -0.3 is 9.47 Å². The summed E-state index contributed by atoms with van der Waals surface area (Å²) in [6.45, 7) is 8.42. The lowest BCUT2D eigenvalue weighted by atomic mass is 9.98. The zero-order chi connectivity index (χ0) is 38.2. The molecule has 0 spiro atoms. The van der Waals surface area contributed by atoms with Crippen LogP contribution in [-0.4, -0.2) is 13.2 Å². The molecule has 54 heavy (non-hydrogen) atoms. The van der Waals surface area contributed by atoms with Crippen LogP contribution in [-0.2, 0) is 6.42 Å². The first-order chi connectivity index (χ1) is 26.8. The van der Waals surface area contributed by atoms with E-state index in [2.05, 4.69) is 63.2 Å². The maximum absolute atomic E-state index is 6.69. The Labute approximate surface area is 335 Å². The first kappa shape index (κ1) is 46.2. The molecule has 3 rings (SSSR count). The number of fused-ring (bicyclic) bond motifs is 2. The second-order valence-corrected chi connectivity index (χ2v) is 16.7. The SMILES string of the molecule is CCCCCCCCCCCCCCCCCCOc1c2ccccc2c(OCCCCCCCCCCCCCCCCCC)c2cc(CC)ccc12. The fraction of sp³-hybridized carbons (Fsp3) is 0.731. The summed E-state index contributed by atoms with van der Waals surface area (Å²) in [4.78, 5) is 0. The molecule has 0 saturated carbocycles. The van der Waals surface area contributed by atoms with E-state index in [1.54, 1.807) is 0 Å². The molecule has 0 aliphatic rings. The van der Waals surface area contributed by atoms with Crippen molar-refractivity contribution in [2.75, 3.05) is 13.2 Å². The molecular formula is C52H86O2. The molecule has 306 valence electrons. The maximum atomic E-state index is 6.69. The lowest BCUT2D eigenvalue weighted by Crippen LogP contribution is -2.03. The van der Waals surface area contributed by atoms with Gasteiger partial charge in [-0.25, -0.2) is 0 Å². The van der Waals surface area contributed by atoms with Gasteiger partial charge in [-0.2, -0.15) is 0 Å². The summed E-state index contributed by atoms with van der Waals surface area (Å²) in [5.74, 6) is 2.09. The number of hydrogen-bond donors (Lipinski definition) is 0. The number of rotatable bonds is 37. The minimum absolute atomic E-state index is 0.784. The van der Waals surface area contributed by atoms with Crippen LogP contribution in [0.4, 0.5) is 0 Å². The first-order valence-corrected chi connectivity index (χ1v) is 24.0. The van der Waals surface area contributed by atoms with Gasteiger partial charge in [-0.1, -0.05) is 250 Å². The van der Waals surface area contributed by atoms with Gasteiger partial charge in [0.05, 0.1) is 13.2 Å². The summed E-state index contributed by atoms with van der Waals surface area (Å²) in [5.41, 5.74) is 1.36. The number of aryl methyl sites for hydroxylation is 1. The van der Waals surface area contributed by atoms with Crippen molar-refractivity contribution in [2.45, 2.75) is 233 Å². The van der Waals surface area contributed by atoms with Gasteiger partial charge in [-0.05, 0) is 30.9 Å². The molecule has 0 aromatic heterocycles. The van der Waals surface area contributed by atoms with Crippen molar-refractivity contribution in [3.05, 3.63) is 48.0 Å². The Hall–Kier alpha value is -2.22. The molecule has 2 heteroatoms. The summed E-state index contributed by atoms with van der Waals surface area (Å²) in [5, 5.41) is 4.79. The smallest absolute Gasteiger partial charge is 0.135 e. The van der Waals surface area contributed by atoms with Crippen LogP contribution in [0.2, 0.25) is 0 Å². The van der Waals surface area contributed by atoms with E-state index < -0.39 is 0 Å². The number of benzene rings is 3. The van der Waals surface area contributed by atoms with Crippen molar-refractivity contribution in [3.63, 3.8) is 0 Å². The van der Waals surface area contributed by atoms with Gasteiger partial charge in [0.1, 0.15) is 11.5 Å². The molecular weight excluding hydrogens is 657 g/mol. The molecule has 0 aliphatic heterocycles. The Kier molecular flexibility index (Phi) is 27.3. The second kappa shape index (κ2) is 31.9. The quantitative estimate of drug-likeness (QED) is 0.0433. The molecule has 0 heterocycles. The molecule has 0 radical (unpaired) electrons. The van der Waals surface area contributed by atoms with Gasteiger partial charge in [0.25, 0.3) is 0 Å². The summed E-state index contributed by atoms with van der Waals surface area (Å²) < 4.78 is 13.4. The third-order valence-electron chi connectivity index (χ3n) is 11.9. The van der Waals surface area contributed by atoms with E-state index in [-0.39, 0.29) is 0 Å². The van der Waals surface area contributed by atoms with Crippen molar-refractivity contribution >= 4 is 21.5 Å². The number of unbranched alkanes of at least 4 members (excludes halogenated alkanes) is 30. The predicted molar refractivity (Wildman–Crippen MR) is 241 cm³/mol. The molecule has 0 fully saturated rings. The Bertz CT molecular complexity index is 1310. The third kappa shape index (κ3) is 19.6. The molecule has 0 bridgehead atoms. The van der Waals surface area contributed by atoms with E-state index in [9.17, 15) is 0 Å². The van der Waals surface area contributed by atoms with Crippen molar-refractivity contribution < 1.29 is 9.47 Å². The summed E-state index contributed by atoms with van der Waals surface area (Å²) in [6, 6.07) is 15.7. The van der Waals surface area contributed by atoms with Gasteiger partial charge in [0.15, 0.2) is 0 Å². The van der Waals surface area contributed by atoms with Crippen LogP contribution >= 0.6 is 0 Å². The second-order valence-electron chi connectivity index (χ2n) is 16.7. The molecule has 3 aromatic rings. The van der Waals surface area contributed by atoms with Crippen molar-refractivity contribution in [1.82, 2.24) is 0 Å². The normalized spacial score (nSPS) is 11.6. The van der Waals surface area contributed by atoms with Crippen LogP contribution in [0.5, 0.6) is 11.5 Å². The van der Waals surface area contributed by atoms with Crippen LogP contribution < -0.4 is 9.47 Å². The fourth-order valence-electron chi connectivity index (χ4n) is 8.33. The molecule has 0 atom stereocenters. The summed E-state index contributed by atoms with van der Waals surface area (Å²) >= 11 is 0. The lowest BCUT2D eigenvalue weighted by molar-refractivity contribution is 0.306. The molecule has 0 aliphatic carbocycles. The highest BCUT2D eigenvalue weighted by molar-refractivity contribution is 6.11. The van der Waals surface area contributed by atoms with Crippen molar-refractivity contribution in [3.8, 4) is 11.5 Å². The van der Waals surface area contributed by atoms with Gasteiger partial charge in [-0.3, -0.25) is 0 Å². The monoisotopic (exact) mass is 743 g/mol. The van der Waals surface area contributed by atoms with E-state index in [1.165, 1.54) is 220 Å². The van der Waals surface area contributed by atoms with Crippen molar-refractivity contribution in [1.29, 1.82) is 0 Å². The van der Waals surface area contributed by atoms with Gasteiger partial charge in [0.2, 0.25) is 0 Å². The maximum Gasteiger partial charge on any atom is 0.135 e. The highest BCUT2D eigenvalue weighted by Gasteiger charge is 2.16. The van der Waals surface area contributed by atoms with E-state index >= 15 is 0 Å². The van der Waals surface area contributed by atoms with Crippen LogP contribution in [0.25, 0.3) is 21.5 Å². The van der Waals surface area contributed by atoms with Gasteiger partial charge in [0, 0.05) is 21.5 Å². The zero-order valence-corrected chi connectivity index (χ0v) is 36.1. The topological polar surface area (TPSA) is 18.5 Å². The largest absolute Gasteiger partial charge is 0.492 e. The van der Waals surface area contributed by atoms with Gasteiger partial charge in [-0.15, -0.1) is 0 Å². The minimum Gasteiger partial charge on any atom is -0.492 e. The third-order valence-corrected chi connectivity index (χ3v) is 11.9. The highest BCUT2D eigenvalue weighted by atomic mass is 16.5. The van der Waals surface area contributed by atoms with Crippen molar-refractivity contribution in [2.24, 2.45) is 0 Å². The van der Waals surface area contributed by atoms with E-state index in [0.29, 0.717) is 0 Å². The van der Waals surface area contributed by atoms with Crippen LogP contribution in [0.3, 0.4) is 0 Å². The average molecular weight is 743 g/mol. The number of ether oxygens (including phenoxy) is 2. The van der Waals surface area contributed by atoms with Crippen LogP contribution in [0, 0.1) is 0 Å². The zero-order valence-electron chi connectivity index (χ0n) is 36.1. The first-order valence-electron chi connectivity index (χ1n) is 24.0. The number of hydrogen-bond acceptors (Lipinski definition) is 2. The Morgan fingerprint density at radius 3 is 0.944 bits per heavy atom.